The normalized spacial score (nSPS) is 13.9. The molecular formula is C27H24N4O5. The minimum atomic E-state index is -0.671. The quantitative estimate of drug-likeness (QED) is 0.334. The van der Waals surface area contributed by atoms with Gasteiger partial charge in [-0.3, -0.25) is 14.4 Å². The molecule has 1 aliphatic heterocycles. The van der Waals surface area contributed by atoms with E-state index in [-0.39, 0.29) is 18.2 Å². The van der Waals surface area contributed by atoms with E-state index in [1.54, 1.807) is 54.6 Å². The van der Waals surface area contributed by atoms with Crippen LogP contribution in [0, 0.1) is 6.92 Å². The van der Waals surface area contributed by atoms with E-state index in [1.165, 1.54) is 6.08 Å². The van der Waals surface area contributed by atoms with Crippen molar-refractivity contribution in [2.24, 2.45) is 0 Å². The van der Waals surface area contributed by atoms with Gasteiger partial charge < -0.3 is 20.7 Å². The Balaban J connectivity index is 1.31. The van der Waals surface area contributed by atoms with E-state index in [0.29, 0.717) is 22.7 Å². The monoisotopic (exact) mass is 484 g/mol. The van der Waals surface area contributed by atoms with Crippen molar-refractivity contribution in [3.05, 3.63) is 95.7 Å². The van der Waals surface area contributed by atoms with Gasteiger partial charge in [-0.05, 0) is 60.5 Å². The summed E-state index contributed by atoms with van der Waals surface area (Å²) in [5.41, 5.74) is 2.92. The van der Waals surface area contributed by atoms with Gasteiger partial charge in [0.2, 0.25) is 5.91 Å². The summed E-state index contributed by atoms with van der Waals surface area (Å²) in [5, 5.41) is 7.90. The first-order valence-electron chi connectivity index (χ1n) is 11.2. The molecule has 1 aliphatic rings. The molecule has 0 aliphatic carbocycles. The number of anilines is 2. The summed E-state index contributed by atoms with van der Waals surface area (Å²) in [6.07, 6.45) is 1.50. The van der Waals surface area contributed by atoms with Crippen LogP contribution in [-0.4, -0.2) is 41.8 Å². The lowest BCUT2D eigenvalue weighted by Gasteiger charge is -2.12. The molecule has 1 fully saturated rings. The molecule has 0 saturated carbocycles. The van der Waals surface area contributed by atoms with Crippen molar-refractivity contribution >= 4 is 41.2 Å². The van der Waals surface area contributed by atoms with Crippen molar-refractivity contribution in [1.29, 1.82) is 0 Å². The Morgan fingerprint density at radius 3 is 2.31 bits per heavy atom. The number of imide groups is 1. The molecule has 9 heteroatoms. The fraction of sp³-hybridized carbons (Fsp3) is 0.111. The van der Waals surface area contributed by atoms with Gasteiger partial charge in [-0.15, -0.1) is 0 Å². The SMILES string of the molecule is Cc1cccc(NC(=O)CN2C(=O)NC(=Cc3ccc(OCC(=O)Nc4ccccc4)cc3)C2=O)c1. The van der Waals surface area contributed by atoms with Gasteiger partial charge >= 0.3 is 6.03 Å². The maximum absolute atomic E-state index is 12.7. The molecule has 3 N–H and O–H groups in total. The average molecular weight is 485 g/mol. The fourth-order valence-corrected chi connectivity index (χ4v) is 3.48. The van der Waals surface area contributed by atoms with E-state index in [9.17, 15) is 19.2 Å². The molecule has 36 heavy (non-hydrogen) atoms. The number of urea groups is 1. The van der Waals surface area contributed by atoms with Crippen LogP contribution in [0.5, 0.6) is 5.75 Å². The Hall–Kier alpha value is -4.92. The second-order valence-corrected chi connectivity index (χ2v) is 8.07. The second-order valence-electron chi connectivity index (χ2n) is 8.07. The minimum absolute atomic E-state index is 0.0549. The fourth-order valence-electron chi connectivity index (χ4n) is 3.48. The highest BCUT2D eigenvalue weighted by Crippen LogP contribution is 2.18. The predicted octanol–water partition coefficient (Wildman–Crippen LogP) is 3.54. The van der Waals surface area contributed by atoms with E-state index < -0.39 is 24.4 Å². The number of carbonyl (C=O) groups excluding carboxylic acids is 4. The molecule has 9 nitrogen and oxygen atoms in total. The van der Waals surface area contributed by atoms with Crippen LogP contribution in [0.3, 0.4) is 0 Å². The highest BCUT2D eigenvalue weighted by atomic mass is 16.5. The molecule has 182 valence electrons. The van der Waals surface area contributed by atoms with Crippen LogP contribution in [0.2, 0.25) is 0 Å². The van der Waals surface area contributed by atoms with Gasteiger partial charge in [-0.1, -0.05) is 42.5 Å². The lowest BCUT2D eigenvalue weighted by Crippen LogP contribution is -2.38. The van der Waals surface area contributed by atoms with Gasteiger partial charge in [0.05, 0.1) is 0 Å². The number of amides is 5. The first-order chi connectivity index (χ1) is 17.4. The molecule has 0 spiro atoms. The summed E-state index contributed by atoms with van der Waals surface area (Å²) in [6, 6.07) is 22.3. The first kappa shape index (κ1) is 24.2. The van der Waals surface area contributed by atoms with E-state index in [2.05, 4.69) is 16.0 Å². The maximum atomic E-state index is 12.7. The summed E-state index contributed by atoms with van der Waals surface area (Å²) in [5.74, 6) is -0.907. The summed E-state index contributed by atoms with van der Waals surface area (Å²) in [4.78, 5) is 50.2. The minimum Gasteiger partial charge on any atom is -0.484 e. The van der Waals surface area contributed by atoms with Gasteiger partial charge in [0.25, 0.3) is 11.8 Å². The van der Waals surface area contributed by atoms with E-state index in [0.717, 1.165) is 10.5 Å². The molecule has 0 bridgehead atoms. The van der Waals surface area contributed by atoms with Crippen molar-refractivity contribution in [3.8, 4) is 5.75 Å². The number of nitrogens with zero attached hydrogens (tertiary/aromatic N) is 1. The lowest BCUT2D eigenvalue weighted by molar-refractivity contribution is -0.127. The Morgan fingerprint density at radius 1 is 0.889 bits per heavy atom. The largest absolute Gasteiger partial charge is 0.484 e. The lowest BCUT2D eigenvalue weighted by atomic mass is 10.2. The number of ether oxygens (including phenoxy) is 1. The van der Waals surface area contributed by atoms with E-state index >= 15 is 0 Å². The van der Waals surface area contributed by atoms with Crippen molar-refractivity contribution in [1.82, 2.24) is 10.2 Å². The van der Waals surface area contributed by atoms with Crippen LogP contribution in [0.1, 0.15) is 11.1 Å². The van der Waals surface area contributed by atoms with Gasteiger partial charge in [0, 0.05) is 11.4 Å². The molecule has 4 rings (SSSR count). The van der Waals surface area contributed by atoms with Crippen LogP contribution < -0.4 is 20.7 Å². The molecule has 0 unspecified atom stereocenters. The average Bonchev–Trinajstić information content (AvgIpc) is 3.11. The Morgan fingerprint density at radius 2 is 1.58 bits per heavy atom. The predicted molar refractivity (Wildman–Crippen MR) is 135 cm³/mol. The second kappa shape index (κ2) is 11.0. The molecule has 0 radical (unpaired) electrons. The zero-order chi connectivity index (χ0) is 25.5. The van der Waals surface area contributed by atoms with Crippen molar-refractivity contribution in [2.45, 2.75) is 6.92 Å². The smallest absolute Gasteiger partial charge is 0.329 e. The molecule has 1 heterocycles. The molecule has 3 aromatic rings. The third-order valence-corrected chi connectivity index (χ3v) is 5.18. The van der Waals surface area contributed by atoms with Crippen molar-refractivity contribution in [2.75, 3.05) is 23.8 Å². The van der Waals surface area contributed by atoms with Crippen LogP contribution >= 0.6 is 0 Å². The number of hydrogen-bond donors (Lipinski definition) is 3. The molecule has 3 aromatic carbocycles. The van der Waals surface area contributed by atoms with E-state index in [4.69, 9.17) is 4.74 Å². The van der Waals surface area contributed by atoms with Gasteiger partial charge in [0.15, 0.2) is 6.61 Å². The summed E-state index contributed by atoms with van der Waals surface area (Å²) < 4.78 is 5.50. The van der Waals surface area contributed by atoms with Crippen LogP contribution in [-0.2, 0) is 14.4 Å². The summed E-state index contributed by atoms with van der Waals surface area (Å²) in [6.45, 7) is 1.32. The van der Waals surface area contributed by atoms with E-state index in [1.807, 2.05) is 31.2 Å². The zero-order valence-electron chi connectivity index (χ0n) is 19.5. The number of hydrogen-bond acceptors (Lipinski definition) is 5. The highest BCUT2D eigenvalue weighted by Gasteiger charge is 2.34. The summed E-state index contributed by atoms with van der Waals surface area (Å²) in [7, 11) is 0. The van der Waals surface area contributed by atoms with Crippen molar-refractivity contribution < 1.29 is 23.9 Å². The van der Waals surface area contributed by atoms with Crippen LogP contribution in [0.25, 0.3) is 6.08 Å². The number of aryl methyl sites for hydroxylation is 1. The van der Waals surface area contributed by atoms with Gasteiger partial charge in [0.1, 0.15) is 18.0 Å². The molecule has 1 saturated heterocycles. The van der Waals surface area contributed by atoms with Crippen molar-refractivity contribution in [3.63, 3.8) is 0 Å². The summed E-state index contributed by atoms with van der Waals surface area (Å²) >= 11 is 0. The molecule has 0 atom stereocenters. The Kier molecular flexibility index (Phi) is 7.40. The van der Waals surface area contributed by atoms with Gasteiger partial charge in [-0.2, -0.15) is 0 Å². The van der Waals surface area contributed by atoms with Crippen LogP contribution in [0.4, 0.5) is 16.2 Å². The standard InChI is InChI=1S/C27H24N4O5/c1-18-6-5-9-21(14-18)29-24(32)16-31-26(34)23(30-27(31)35)15-19-10-12-22(13-11-19)36-17-25(33)28-20-7-3-2-4-8-20/h2-15H,16-17H2,1H3,(H,28,33)(H,29,32)(H,30,35). The first-order valence-corrected chi connectivity index (χ1v) is 11.2. The topological polar surface area (TPSA) is 117 Å². The highest BCUT2D eigenvalue weighted by molar-refractivity contribution is 6.15. The molecule has 0 aromatic heterocycles. The Labute approximate surface area is 207 Å². The van der Waals surface area contributed by atoms with Gasteiger partial charge in [-0.25, -0.2) is 9.69 Å². The maximum Gasteiger partial charge on any atom is 0.329 e. The third kappa shape index (κ3) is 6.35. The molecule has 5 amide bonds. The zero-order valence-corrected chi connectivity index (χ0v) is 19.5. The Bertz CT molecular complexity index is 1320. The number of para-hydroxylation sites is 1. The molecular weight excluding hydrogens is 460 g/mol. The number of rotatable bonds is 8. The number of nitrogens with one attached hydrogen (secondary N) is 3. The van der Waals surface area contributed by atoms with Crippen LogP contribution in [0.15, 0.2) is 84.6 Å². The number of benzene rings is 3. The third-order valence-electron chi connectivity index (χ3n) is 5.18. The number of carbonyl (C=O) groups is 4.